The number of fused-ring (bicyclic) bond motifs is 1. The van der Waals surface area contributed by atoms with Crippen molar-refractivity contribution in [3.05, 3.63) is 40.2 Å². The summed E-state index contributed by atoms with van der Waals surface area (Å²) in [6.07, 6.45) is -4.05. The fourth-order valence-corrected chi connectivity index (χ4v) is 1.76. The van der Waals surface area contributed by atoms with E-state index in [0.29, 0.717) is 0 Å². The van der Waals surface area contributed by atoms with Crippen LogP contribution >= 0.6 is 0 Å². The summed E-state index contributed by atoms with van der Waals surface area (Å²) < 4.78 is 38.3. The summed E-state index contributed by atoms with van der Waals surface area (Å²) >= 11 is 0. The Balaban J connectivity index is 2.74. The molecule has 0 radical (unpaired) electrons. The number of halogens is 3. The van der Waals surface area contributed by atoms with Crippen molar-refractivity contribution in [3.8, 4) is 0 Å². The summed E-state index contributed by atoms with van der Waals surface area (Å²) in [6.45, 7) is 0. The van der Waals surface area contributed by atoms with Gasteiger partial charge in [0.05, 0.1) is 11.1 Å². The summed E-state index contributed by atoms with van der Waals surface area (Å²) in [5.74, 6) is -0.0314. The van der Waals surface area contributed by atoms with Crippen LogP contribution in [-0.2, 0) is 0 Å². The number of nitrogen functional groups attached to an aromatic ring is 1. The van der Waals surface area contributed by atoms with E-state index in [2.05, 4.69) is 9.97 Å². The maximum absolute atomic E-state index is 12.8. The normalized spacial score (nSPS) is 13.4. The molecule has 19 heavy (non-hydrogen) atoms. The number of alkyl halides is 3. The van der Waals surface area contributed by atoms with E-state index >= 15 is 0 Å². The highest BCUT2D eigenvalue weighted by Crippen LogP contribution is 2.38. The van der Waals surface area contributed by atoms with Gasteiger partial charge in [0.2, 0.25) is 0 Å². The smallest absolute Gasteiger partial charge is 0.383 e. The van der Waals surface area contributed by atoms with Gasteiger partial charge in [0.1, 0.15) is 12.1 Å². The Morgan fingerprint density at radius 3 is 2.58 bits per heavy atom. The van der Waals surface area contributed by atoms with E-state index in [1.165, 1.54) is 12.1 Å². The highest BCUT2D eigenvalue weighted by Gasteiger charge is 2.51. The van der Waals surface area contributed by atoms with Gasteiger partial charge < -0.3 is 5.73 Å². The standard InChI is InChI=1S/C10H7F3N4O2/c11-10(12,13)8(17(18)19)5-2-1-3-6-7(5)15-4-16-9(6)14/h1-4,8H,(H2,14,15,16). The van der Waals surface area contributed by atoms with Gasteiger partial charge in [-0.2, -0.15) is 13.2 Å². The molecule has 2 N–H and O–H groups in total. The molecule has 0 aliphatic heterocycles. The van der Waals surface area contributed by atoms with Crippen molar-refractivity contribution in [2.45, 2.75) is 12.2 Å². The molecule has 0 bridgehead atoms. The lowest BCUT2D eigenvalue weighted by atomic mass is 10.0. The van der Waals surface area contributed by atoms with E-state index in [9.17, 15) is 23.3 Å². The minimum atomic E-state index is -5.02. The molecule has 1 aromatic heterocycles. The van der Waals surface area contributed by atoms with Crippen molar-refractivity contribution in [1.29, 1.82) is 0 Å². The van der Waals surface area contributed by atoms with Crippen molar-refractivity contribution in [2.24, 2.45) is 0 Å². The molecule has 0 fully saturated rings. The molecule has 0 spiro atoms. The lowest BCUT2D eigenvalue weighted by Crippen LogP contribution is -2.28. The Hall–Kier alpha value is -2.45. The molecule has 1 atom stereocenters. The van der Waals surface area contributed by atoms with Gasteiger partial charge >= 0.3 is 12.2 Å². The van der Waals surface area contributed by atoms with Crippen LogP contribution in [0.3, 0.4) is 0 Å². The van der Waals surface area contributed by atoms with Gasteiger partial charge in [-0.15, -0.1) is 0 Å². The first-order chi connectivity index (χ1) is 8.82. The Labute approximate surface area is 104 Å². The fourth-order valence-electron chi connectivity index (χ4n) is 1.76. The second-order valence-corrected chi connectivity index (χ2v) is 3.73. The van der Waals surface area contributed by atoms with Gasteiger partial charge in [-0.1, -0.05) is 6.07 Å². The quantitative estimate of drug-likeness (QED) is 0.667. The third-order valence-electron chi connectivity index (χ3n) is 2.54. The summed E-state index contributed by atoms with van der Waals surface area (Å²) in [6, 6.07) is 0.821. The van der Waals surface area contributed by atoms with Crippen molar-refractivity contribution >= 4 is 16.7 Å². The summed E-state index contributed by atoms with van der Waals surface area (Å²) in [5, 5.41) is 10.8. The first-order valence-electron chi connectivity index (χ1n) is 5.01. The number of nitrogens with two attached hydrogens (primary N) is 1. The van der Waals surface area contributed by atoms with Crippen molar-refractivity contribution in [3.63, 3.8) is 0 Å². The zero-order chi connectivity index (χ0) is 14.2. The van der Waals surface area contributed by atoms with Gasteiger partial charge in [0, 0.05) is 10.3 Å². The van der Waals surface area contributed by atoms with E-state index in [1.807, 2.05) is 0 Å². The maximum atomic E-state index is 12.8. The van der Waals surface area contributed by atoms with Gasteiger partial charge in [-0.25, -0.2) is 9.97 Å². The van der Waals surface area contributed by atoms with Gasteiger partial charge in [-0.05, 0) is 12.1 Å². The Bertz CT molecular complexity index is 644. The highest BCUT2D eigenvalue weighted by molar-refractivity contribution is 5.90. The van der Waals surface area contributed by atoms with E-state index in [4.69, 9.17) is 5.73 Å². The molecule has 0 aliphatic rings. The molecule has 0 aliphatic carbocycles. The molecule has 0 saturated carbocycles. The average molecular weight is 272 g/mol. The number of anilines is 1. The minimum absolute atomic E-state index is 0.0314. The number of benzene rings is 1. The van der Waals surface area contributed by atoms with Crippen LogP contribution in [0.2, 0.25) is 0 Å². The SMILES string of the molecule is Nc1ncnc2c(C([N+](=O)[O-])C(F)(F)F)cccc12. The molecule has 100 valence electrons. The third kappa shape index (κ3) is 2.26. The fraction of sp³-hybridized carbons (Fsp3) is 0.200. The zero-order valence-electron chi connectivity index (χ0n) is 9.26. The van der Waals surface area contributed by atoms with Crippen LogP contribution in [0.25, 0.3) is 10.9 Å². The summed E-state index contributed by atoms with van der Waals surface area (Å²) in [5.41, 5.74) is 4.78. The average Bonchev–Trinajstić information content (AvgIpc) is 2.28. The maximum Gasteiger partial charge on any atom is 0.462 e. The third-order valence-corrected chi connectivity index (χ3v) is 2.54. The predicted octanol–water partition coefficient (Wildman–Crippen LogP) is 2.09. The van der Waals surface area contributed by atoms with E-state index in [0.717, 1.165) is 12.4 Å². The van der Waals surface area contributed by atoms with Crippen LogP contribution < -0.4 is 5.73 Å². The van der Waals surface area contributed by atoms with Crippen LogP contribution in [-0.4, -0.2) is 21.1 Å². The molecule has 0 saturated heterocycles. The molecule has 2 aromatic rings. The van der Waals surface area contributed by atoms with Crippen LogP contribution in [0.4, 0.5) is 19.0 Å². The second kappa shape index (κ2) is 4.34. The zero-order valence-corrected chi connectivity index (χ0v) is 9.26. The summed E-state index contributed by atoms with van der Waals surface area (Å²) in [4.78, 5) is 16.6. The van der Waals surface area contributed by atoms with Crippen molar-refractivity contribution < 1.29 is 18.1 Å². The second-order valence-electron chi connectivity index (χ2n) is 3.73. The largest absolute Gasteiger partial charge is 0.462 e. The van der Waals surface area contributed by atoms with E-state index < -0.39 is 22.7 Å². The van der Waals surface area contributed by atoms with Crippen LogP contribution in [0.1, 0.15) is 11.6 Å². The number of nitrogens with zero attached hydrogens (tertiary/aromatic N) is 3. The predicted molar refractivity (Wildman–Crippen MR) is 59.7 cm³/mol. The molecule has 1 heterocycles. The van der Waals surface area contributed by atoms with E-state index in [1.54, 1.807) is 0 Å². The monoisotopic (exact) mass is 272 g/mol. The molecule has 0 amide bonds. The molecule has 1 aromatic carbocycles. The van der Waals surface area contributed by atoms with Crippen LogP contribution in [0.15, 0.2) is 24.5 Å². The molecule has 1 unspecified atom stereocenters. The van der Waals surface area contributed by atoms with Crippen LogP contribution in [0, 0.1) is 10.1 Å². The number of para-hydroxylation sites is 1. The first kappa shape index (κ1) is 13.0. The lowest BCUT2D eigenvalue weighted by Gasteiger charge is -2.14. The first-order valence-corrected chi connectivity index (χ1v) is 5.01. The minimum Gasteiger partial charge on any atom is -0.383 e. The Kier molecular flexibility index (Phi) is 2.97. The van der Waals surface area contributed by atoms with E-state index in [-0.39, 0.29) is 16.7 Å². The number of hydrogen-bond acceptors (Lipinski definition) is 5. The topological polar surface area (TPSA) is 94.9 Å². The molecule has 2 rings (SSSR count). The molecule has 9 heteroatoms. The highest BCUT2D eigenvalue weighted by atomic mass is 19.4. The van der Waals surface area contributed by atoms with Gasteiger partial charge in [0.15, 0.2) is 0 Å². The van der Waals surface area contributed by atoms with Crippen molar-refractivity contribution in [2.75, 3.05) is 5.73 Å². The number of hydrogen-bond donors (Lipinski definition) is 1. The van der Waals surface area contributed by atoms with Gasteiger partial charge in [-0.3, -0.25) is 10.1 Å². The number of nitro groups is 1. The Morgan fingerprint density at radius 1 is 1.32 bits per heavy atom. The Morgan fingerprint density at radius 2 is 2.00 bits per heavy atom. The number of aromatic nitrogens is 2. The number of rotatable bonds is 2. The summed E-state index contributed by atoms with van der Waals surface area (Å²) in [7, 11) is 0. The lowest BCUT2D eigenvalue weighted by molar-refractivity contribution is -0.569. The van der Waals surface area contributed by atoms with Gasteiger partial charge in [0.25, 0.3) is 0 Å². The van der Waals surface area contributed by atoms with Crippen LogP contribution in [0.5, 0.6) is 0 Å². The molecular formula is C10H7F3N4O2. The van der Waals surface area contributed by atoms with Crippen molar-refractivity contribution in [1.82, 2.24) is 9.97 Å². The molecule has 6 nitrogen and oxygen atoms in total. The molecular weight excluding hydrogens is 265 g/mol.